The Hall–Kier alpha value is -2.92. The number of anilines is 2. The van der Waals surface area contributed by atoms with Crippen LogP contribution in [0.3, 0.4) is 0 Å². The molecule has 0 radical (unpaired) electrons. The second-order valence-electron chi connectivity index (χ2n) is 7.19. The molecule has 2 heterocycles. The van der Waals surface area contributed by atoms with Gasteiger partial charge in [0.15, 0.2) is 0 Å². The molecule has 2 aromatic carbocycles. The van der Waals surface area contributed by atoms with Crippen LogP contribution in [0.25, 0.3) is 10.8 Å². The van der Waals surface area contributed by atoms with Gasteiger partial charge in [-0.3, -0.25) is 9.78 Å². The van der Waals surface area contributed by atoms with Gasteiger partial charge < -0.3 is 15.0 Å². The summed E-state index contributed by atoms with van der Waals surface area (Å²) in [5.74, 6) is -0.125. The summed E-state index contributed by atoms with van der Waals surface area (Å²) in [6.07, 6.45) is 7.40. The number of aromatic nitrogens is 1. The van der Waals surface area contributed by atoms with Crippen LogP contribution < -0.4 is 10.2 Å². The number of nitrogens with zero attached hydrogens (tertiary/aromatic N) is 2. The molecule has 0 spiro atoms. The maximum atomic E-state index is 12.7. The SMILES string of the molecule is COCc1ccc(C(=O)Nc2ccc(N3CCCCC3)c3ccncc23)cc1. The van der Waals surface area contributed by atoms with E-state index in [4.69, 9.17) is 4.74 Å². The summed E-state index contributed by atoms with van der Waals surface area (Å²) < 4.78 is 5.12. The molecule has 1 aliphatic rings. The highest BCUT2D eigenvalue weighted by Crippen LogP contribution is 2.33. The Morgan fingerprint density at radius 3 is 2.57 bits per heavy atom. The highest BCUT2D eigenvalue weighted by Gasteiger charge is 2.16. The summed E-state index contributed by atoms with van der Waals surface area (Å²) in [6, 6.07) is 13.6. The van der Waals surface area contributed by atoms with Gasteiger partial charge >= 0.3 is 0 Å². The monoisotopic (exact) mass is 375 g/mol. The third kappa shape index (κ3) is 3.85. The van der Waals surface area contributed by atoms with Crippen LogP contribution in [0, 0.1) is 0 Å². The van der Waals surface area contributed by atoms with Crippen molar-refractivity contribution in [3.05, 3.63) is 66.0 Å². The lowest BCUT2D eigenvalue weighted by Crippen LogP contribution is -2.29. The Balaban J connectivity index is 1.61. The summed E-state index contributed by atoms with van der Waals surface area (Å²) >= 11 is 0. The predicted molar refractivity (Wildman–Crippen MR) is 113 cm³/mol. The van der Waals surface area contributed by atoms with Gasteiger partial charge in [-0.25, -0.2) is 0 Å². The van der Waals surface area contributed by atoms with E-state index in [9.17, 15) is 4.79 Å². The molecule has 1 amide bonds. The number of ether oxygens (including phenoxy) is 1. The highest BCUT2D eigenvalue weighted by atomic mass is 16.5. The van der Waals surface area contributed by atoms with Gasteiger partial charge in [-0.2, -0.15) is 0 Å². The number of hydrogen-bond acceptors (Lipinski definition) is 4. The first kappa shape index (κ1) is 18.4. The summed E-state index contributed by atoms with van der Waals surface area (Å²) in [7, 11) is 1.66. The third-order valence-electron chi connectivity index (χ3n) is 5.27. The van der Waals surface area contributed by atoms with Crippen LogP contribution >= 0.6 is 0 Å². The van der Waals surface area contributed by atoms with E-state index >= 15 is 0 Å². The largest absolute Gasteiger partial charge is 0.380 e. The fourth-order valence-electron chi connectivity index (χ4n) is 3.81. The smallest absolute Gasteiger partial charge is 0.255 e. The molecule has 0 saturated carbocycles. The van der Waals surface area contributed by atoms with E-state index in [0.29, 0.717) is 12.2 Å². The van der Waals surface area contributed by atoms with Crippen LogP contribution in [-0.4, -0.2) is 31.1 Å². The lowest BCUT2D eigenvalue weighted by molar-refractivity contribution is 0.102. The number of hydrogen-bond donors (Lipinski definition) is 1. The quantitative estimate of drug-likeness (QED) is 0.707. The van der Waals surface area contributed by atoms with Crippen LogP contribution in [-0.2, 0) is 11.3 Å². The number of methoxy groups -OCH3 is 1. The zero-order valence-corrected chi connectivity index (χ0v) is 16.1. The zero-order valence-electron chi connectivity index (χ0n) is 16.1. The van der Waals surface area contributed by atoms with Crippen molar-refractivity contribution in [3.63, 3.8) is 0 Å². The van der Waals surface area contributed by atoms with Crippen molar-refractivity contribution in [1.82, 2.24) is 4.98 Å². The van der Waals surface area contributed by atoms with Gasteiger partial charge in [-0.05, 0) is 55.2 Å². The van der Waals surface area contributed by atoms with E-state index in [1.54, 1.807) is 7.11 Å². The maximum Gasteiger partial charge on any atom is 0.255 e. The fourth-order valence-corrected chi connectivity index (χ4v) is 3.81. The molecule has 0 atom stereocenters. The Labute approximate surface area is 165 Å². The van der Waals surface area contributed by atoms with Crippen LogP contribution in [0.2, 0.25) is 0 Å². The molecule has 3 aromatic rings. The Morgan fingerprint density at radius 2 is 1.82 bits per heavy atom. The molecule has 1 saturated heterocycles. The predicted octanol–water partition coefficient (Wildman–Crippen LogP) is 4.62. The van der Waals surface area contributed by atoms with Crippen LogP contribution in [0.1, 0.15) is 35.2 Å². The molecule has 0 aliphatic carbocycles. The summed E-state index contributed by atoms with van der Waals surface area (Å²) in [5, 5.41) is 5.15. The zero-order chi connectivity index (χ0) is 19.3. The molecule has 1 N–H and O–H groups in total. The second kappa shape index (κ2) is 8.40. The van der Waals surface area contributed by atoms with Gasteiger partial charge in [0.25, 0.3) is 5.91 Å². The van der Waals surface area contributed by atoms with Crippen molar-refractivity contribution in [2.45, 2.75) is 25.9 Å². The average Bonchev–Trinajstić information content (AvgIpc) is 2.75. The van der Waals surface area contributed by atoms with Gasteiger partial charge in [0, 0.05) is 54.6 Å². The number of nitrogens with one attached hydrogen (secondary N) is 1. The Kier molecular flexibility index (Phi) is 5.53. The topological polar surface area (TPSA) is 54.5 Å². The van der Waals surface area contributed by atoms with E-state index in [1.807, 2.05) is 48.8 Å². The van der Waals surface area contributed by atoms with Crippen LogP contribution in [0.4, 0.5) is 11.4 Å². The van der Waals surface area contributed by atoms with Crippen LogP contribution in [0.5, 0.6) is 0 Å². The minimum atomic E-state index is -0.125. The minimum Gasteiger partial charge on any atom is -0.380 e. The Bertz CT molecular complexity index is 963. The number of amides is 1. The van der Waals surface area contributed by atoms with Gasteiger partial charge in [0.2, 0.25) is 0 Å². The number of pyridine rings is 1. The number of piperidine rings is 1. The highest BCUT2D eigenvalue weighted by molar-refractivity contribution is 6.11. The summed E-state index contributed by atoms with van der Waals surface area (Å²) in [5.41, 5.74) is 3.67. The van der Waals surface area contributed by atoms with Crippen molar-refractivity contribution in [1.29, 1.82) is 0 Å². The summed E-state index contributed by atoms with van der Waals surface area (Å²) in [4.78, 5) is 19.5. The average molecular weight is 375 g/mol. The van der Waals surface area contributed by atoms with E-state index in [1.165, 1.54) is 24.9 Å². The number of benzene rings is 2. The standard InChI is InChI=1S/C23H25N3O2/c1-28-16-17-5-7-18(8-6-17)23(27)25-21-9-10-22(26-13-3-2-4-14-26)19-11-12-24-15-20(19)21/h5-12,15H,2-4,13-14,16H2,1H3,(H,25,27). The number of carbonyl (C=O) groups excluding carboxylic acids is 1. The molecule has 28 heavy (non-hydrogen) atoms. The Morgan fingerprint density at radius 1 is 1.04 bits per heavy atom. The molecule has 5 heteroatoms. The van der Waals surface area contributed by atoms with Gasteiger partial charge in [-0.1, -0.05) is 12.1 Å². The first-order valence-corrected chi connectivity index (χ1v) is 9.77. The van der Waals surface area contributed by atoms with Gasteiger partial charge in [0.1, 0.15) is 0 Å². The maximum absolute atomic E-state index is 12.7. The fraction of sp³-hybridized carbons (Fsp3) is 0.304. The number of fused-ring (bicyclic) bond motifs is 1. The van der Waals surface area contributed by atoms with Gasteiger partial charge in [-0.15, -0.1) is 0 Å². The van der Waals surface area contributed by atoms with E-state index in [-0.39, 0.29) is 5.91 Å². The molecule has 1 aliphatic heterocycles. The normalized spacial score (nSPS) is 14.2. The number of rotatable bonds is 5. The first-order chi connectivity index (χ1) is 13.8. The molecule has 4 rings (SSSR count). The van der Waals surface area contributed by atoms with E-state index in [0.717, 1.165) is 35.1 Å². The first-order valence-electron chi connectivity index (χ1n) is 9.77. The lowest BCUT2D eigenvalue weighted by atomic mass is 10.0. The van der Waals surface area contributed by atoms with Crippen molar-refractivity contribution >= 4 is 28.1 Å². The molecule has 5 nitrogen and oxygen atoms in total. The lowest BCUT2D eigenvalue weighted by Gasteiger charge is -2.30. The van der Waals surface area contributed by atoms with Gasteiger partial charge in [0.05, 0.1) is 12.3 Å². The van der Waals surface area contributed by atoms with Crippen LogP contribution in [0.15, 0.2) is 54.9 Å². The second-order valence-corrected chi connectivity index (χ2v) is 7.19. The minimum absolute atomic E-state index is 0.125. The van der Waals surface area contributed by atoms with Crippen molar-refractivity contribution in [2.24, 2.45) is 0 Å². The van der Waals surface area contributed by atoms with Crippen molar-refractivity contribution in [3.8, 4) is 0 Å². The third-order valence-corrected chi connectivity index (χ3v) is 5.27. The molecule has 0 bridgehead atoms. The van der Waals surface area contributed by atoms with E-state index < -0.39 is 0 Å². The molecular formula is C23H25N3O2. The van der Waals surface area contributed by atoms with E-state index in [2.05, 4.69) is 21.3 Å². The molecule has 0 unspecified atom stereocenters. The van der Waals surface area contributed by atoms with Crippen molar-refractivity contribution in [2.75, 3.05) is 30.4 Å². The van der Waals surface area contributed by atoms with Crippen molar-refractivity contribution < 1.29 is 9.53 Å². The molecule has 1 fully saturated rings. The summed E-state index contributed by atoms with van der Waals surface area (Å²) in [6.45, 7) is 2.70. The molecule has 144 valence electrons. The number of carbonyl (C=O) groups is 1. The molecule has 1 aromatic heterocycles. The molecular weight excluding hydrogens is 350 g/mol.